The second-order valence-corrected chi connectivity index (χ2v) is 5.19. The van der Waals surface area contributed by atoms with Gasteiger partial charge in [0.1, 0.15) is 0 Å². The third kappa shape index (κ3) is 4.96. The summed E-state index contributed by atoms with van der Waals surface area (Å²) in [5, 5.41) is 8.05. The van der Waals surface area contributed by atoms with Crippen molar-refractivity contribution in [3.05, 3.63) is 24.2 Å². The van der Waals surface area contributed by atoms with Crippen LogP contribution >= 0.6 is 0 Å². The van der Waals surface area contributed by atoms with Gasteiger partial charge in [-0.3, -0.25) is 0 Å². The Labute approximate surface area is 89.7 Å². The number of rotatable bonds is 6. The Morgan fingerprint density at radius 2 is 2.33 bits per heavy atom. The van der Waals surface area contributed by atoms with Crippen LogP contribution in [0.15, 0.2) is 23.0 Å². The lowest BCUT2D eigenvalue weighted by Gasteiger charge is -2.10. The molecule has 15 heavy (non-hydrogen) atoms. The first kappa shape index (κ1) is 12.2. The van der Waals surface area contributed by atoms with E-state index in [2.05, 4.69) is 5.32 Å². The van der Waals surface area contributed by atoms with Gasteiger partial charge in [0.2, 0.25) is 10.0 Å². The molecule has 0 aliphatic carbocycles. The van der Waals surface area contributed by atoms with Gasteiger partial charge in [-0.05, 0) is 26.0 Å². The highest BCUT2D eigenvalue weighted by molar-refractivity contribution is 7.89. The number of hydrogen-bond acceptors (Lipinski definition) is 4. The lowest BCUT2D eigenvalue weighted by atomic mass is 10.2. The monoisotopic (exact) mass is 232 g/mol. The molecule has 6 heteroatoms. The Hall–Kier alpha value is -0.850. The van der Waals surface area contributed by atoms with E-state index in [0.29, 0.717) is 13.0 Å². The molecular weight excluding hydrogens is 216 g/mol. The number of nitrogens with two attached hydrogens (primary N) is 1. The van der Waals surface area contributed by atoms with Crippen molar-refractivity contribution in [3.8, 4) is 0 Å². The van der Waals surface area contributed by atoms with E-state index in [1.54, 1.807) is 12.5 Å². The zero-order valence-corrected chi connectivity index (χ0v) is 9.46. The summed E-state index contributed by atoms with van der Waals surface area (Å²) in [5.41, 5.74) is 1.05. The first-order valence-electron chi connectivity index (χ1n) is 4.75. The molecule has 1 aromatic heterocycles. The fourth-order valence-electron chi connectivity index (χ4n) is 1.23. The minimum atomic E-state index is -3.33. The molecule has 1 aromatic rings. The minimum Gasteiger partial charge on any atom is -0.472 e. The highest BCUT2D eigenvalue weighted by Crippen LogP contribution is 2.11. The molecule has 1 atom stereocenters. The van der Waals surface area contributed by atoms with E-state index in [4.69, 9.17) is 9.56 Å². The number of sulfonamides is 1. The molecule has 3 N–H and O–H groups in total. The lowest BCUT2D eigenvalue weighted by Crippen LogP contribution is -2.24. The molecule has 0 amide bonds. The van der Waals surface area contributed by atoms with Gasteiger partial charge in [-0.25, -0.2) is 13.6 Å². The van der Waals surface area contributed by atoms with Gasteiger partial charge in [-0.15, -0.1) is 0 Å². The molecule has 0 radical (unpaired) electrons. The molecule has 86 valence electrons. The van der Waals surface area contributed by atoms with Crippen molar-refractivity contribution in [2.24, 2.45) is 5.14 Å². The summed E-state index contributed by atoms with van der Waals surface area (Å²) < 4.78 is 26.2. The number of hydrogen-bond donors (Lipinski definition) is 2. The van der Waals surface area contributed by atoms with Crippen LogP contribution in [0, 0.1) is 0 Å². The predicted molar refractivity (Wildman–Crippen MR) is 57.7 cm³/mol. The molecule has 0 saturated carbocycles. The topological polar surface area (TPSA) is 85.3 Å². The quantitative estimate of drug-likeness (QED) is 0.704. The third-order valence-electron chi connectivity index (χ3n) is 2.10. The minimum absolute atomic E-state index is 0.0120. The second kappa shape index (κ2) is 5.29. The maximum Gasteiger partial charge on any atom is 0.209 e. The summed E-state index contributed by atoms with van der Waals surface area (Å²) >= 11 is 0. The first-order valence-corrected chi connectivity index (χ1v) is 6.46. The first-order chi connectivity index (χ1) is 6.99. The molecule has 1 heterocycles. The Morgan fingerprint density at radius 1 is 1.60 bits per heavy atom. The Morgan fingerprint density at radius 3 is 2.87 bits per heavy atom. The average Bonchev–Trinajstić information content (AvgIpc) is 2.63. The maximum absolute atomic E-state index is 10.6. The molecule has 0 fully saturated rings. The summed E-state index contributed by atoms with van der Waals surface area (Å²) in [6.07, 6.45) is 3.79. The van der Waals surface area contributed by atoms with Crippen LogP contribution in [0.1, 0.15) is 24.9 Å². The third-order valence-corrected chi connectivity index (χ3v) is 2.96. The van der Waals surface area contributed by atoms with Crippen molar-refractivity contribution < 1.29 is 12.8 Å². The van der Waals surface area contributed by atoms with Crippen molar-refractivity contribution in [3.63, 3.8) is 0 Å². The molecule has 0 bridgehead atoms. The van der Waals surface area contributed by atoms with E-state index >= 15 is 0 Å². The van der Waals surface area contributed by atoms with Gasteiger partial charge in [0.15, 0.2) is 0 Å². The smallest absolute Gasteiger partial charge is 0.209 e. The van der Waals surface area contributed by atoms with Crippen LogP contribution in [0.4, 0.5) is 0 Å². The molecular formula is C9H16N2O3S. The highest BCUT2D eigenvalue weighted by Gasteiger charge is 2.06. The molecule has 0 spiro atoms. The number of furan rings is 1. The van der Waals surface area contributed by atoms with Gasteiger partial charge >= 0.3 is 0 Å². The molecule has 0 aliphatic heterocycles. The van der Waals surface area contributed by atoms with E-state index in [1.807, 2.05) is 13.0 Å². The Kier molecular flexibility index (Phi) is 4.31. The van der Waals surface area contributed by atoms with Crippen LogP contribution in [0.3, 0.4) is 0 Å². The normalized spacial score (nSPS) is 14.0. The van der Waals surface area contributed by atoms with Gasteiger partial charge in [-0.2, -0.15) is 0 Å². The van der Waals surface area contributed by atoms with Crippen molar-refractivity contribution in [1.82, 2.24) is 5.32 Å². The summed E-state index contributed by atoms with van der Waals surface area (Å²) in [6.45, 7) is 2.60. The Balaban J connectivity index is 2.21. The molecule has 0 aliphatic rings. The SMILES string of the molecule is CC(NCCCS(N)(=O)=O)c1ccoc1. The van der Waals surface area contributed by atoms with Crippen LogP contribution < -0.4 is 10.5 Å². The molecule has 5 nitrogen and oxygen atoms in total. The zero-order valence-electron chi connectivity index (χ0n) is 8.64. The van der Waals surface area contributed by atoms with Crippen LogP contribution in [0.2, 0.25) is 0 Å². The molecule has 1 unspecified atom stereocenters. The van der Waals surface area contributed by atoms with Crippen molar-refractivity contribution in [1.29, 1.82) is 0 Å². The predicted octanol–water partition coefficient (Wildman–Crippen LogP) is 0.609. The van der Waals surface area contributed by atoms with Gasteiger partial charge in [0.05, 0.1) is 18.3 Å². The fourth-order valence-corrected chi connectivity index (χ4v) is 1.78. The van der Waals surface area contributed by atoms with Crippen LogP contribution in [0.25, 0.3) is 0 Å². The van der Waals surface area contributed by atoms with Gasteiger partial charge in [-0.1, -0.05) is 0 Å². The van der Waals surface area contributed by atoms with Crippen molar-refractivity contribution in [2.45, 2.75) is 19.4 Å². The van der Waals surface area contributed by atoms with Crippen molar-refractivity contribution in [2.75, 3.05) is 12.3 Å². The summed E-state index contributed by atoms with van der Waals surface area (Å²) in [7, 11) is -3.33. The second-order valence-electron chi connectivity index (χ2n) is 3.45. The fraction of sp³-hybridized carbons (Fsp3) is 0.556. The molecule has 0 saturated heterocycles. The summed E-state index contributed by atoms with van der Waals surface area (Å²) in [5.74, 6) is 0.0120. The molecule has 1 rings (SSSR count). The molecule has 0 aromatic carbocycles. The average molecular weight is 232 g/mol. The lowest BCUT2D eigenvalue weighted by molar-refractivity contribution is 0.535. The zero-order chi connectivity index (χ0) is 11.3. The number of nitrogens with one attached hydrogen (secondary N) is 1. The summed E-state index contributed by atoms with van der Waals surface area (Å²) in [6, 6.07) is 2.03. The van der Waals surface area contributed by atoms with E-state index in [1.165, 1.54) is 0 Å². The van der Waals surface area contributed by atoms with E-state index in [0.717, 1.165) is 5.56 Å². The standard InChI is InChI=1S/C9H16N2O3S/c1-8(9-3-5-14-7-9)11-4-2-6-15(10,12)13/h3,5,7-8,11H,2,4,6H2,1H3,(H2,10,12,13). The van der Waals surface area contributed by atoms with Crippen LogP contribution in [-0.2, 0) is 10.0 Å². The van der Waals surface area contributed by atoms with Gasteiger partial charge in [0.25, 0.3) is 0 Å². The number of primary sulfonamides is 1. The van der Waals surface area contributed by atoms with E-state index in [9.17, 15) is 8.42 Å². The largest absolute Gasteiger partial charge is 0.472 e. The van der Waals surface area contributed by atoms with E-state index in [-0.39, 0.29) is 11.8 Å². The van der Waals surface area contributed by atoms with Gasteiger partial charge in [0, 0.05) is 11.6 Å². The summed E-state index contributed by atoms with van der Waals surface area (Å²) in [4.78, 5) is 0. The van der Waals surface area contributed by atoms with Crippen molar-refractivity contribution >= 4 is 10.0 Å². The maximum atomic E-state index is 10.6. The van der Waals surface area contributed by atoms with Crippen LogP contribution in [-0.4, -0.2) is 20.7 Å². The highest BCUT2D eigenvalue weighted by atomic mass is 32.2. The van der Waals surface area contributed by atoms with E-state index < -0.39 is 10.0 Å². The Bertz CT molecular complexity index is 372. The van der Waals surface area contributed by atoms with Gasteiger partial charge < -0.3 is 9.73 Å². The van der Waals surface area contributed by atoms with Crippen LogP contribution in [0.5, 0.6) is 0 Å².